The van der Waals surface area contributed by atoms with Crippen molar-refractivity contribution in [2.75, 3.05) is 5.43 Å². The molecule has 0 aliphatic carbocycles. The van der Waals surface area contributed by atoms with Gasteiger partial charge in [0, 0.05) is 5.41 Å². The highest BCUT2D eigenvalue weighted by atomic mass is 32.2. The van der Waals surface area contributed by atoms with Crippen molar-refractivity contribution in [2.24, 2.45) is 0 Å². The summed E-state index contributed by atoms with van der Waals surface area (Å²) in [7, 11) is 0. The summed E-state index contributed by atoms with van der Waals surface area (Å²) >= 11 is 1.09. The molecule has 0 atom stereocenters. The maximum atomic E-state index is 12.7. The van der Waals surface area contributed by atoms with Crippen LogP contribution in [-0.2, 0) is 6.18 Å². The van der Waals surface area contributed by atoms with Crippen LogP contribution in [0.15, 0.2) is 40.9 Å². The van der Waals surface area contributed by atoms with Crippen LogP contribution < -0.4 is 5.43 Å². The molecule has 0 fully saturated rings. The lowest BCUT2D eigenvalue weighted by Crippen LogP contribution is -2.24. The van der Waals surface area contributed by atoms with Crippen LogP contribution in [0.5, 0.6) is 0 Å². The fraction of sp³-hybridized carbons (Fsp3) is 0.0909. The number of halogens is 3. The molecular weight excluding hydrogens is 277 g/mol. The van der Waals surface area contributed by atoms with Crippen molar-refractivity contribution in [3.05, 3.63) is 47.1 Å². The van der Waals surface area contributed by atoms with E-state index in [0.29, 0.717) is 5.70 Å². The predicted molar refractivity (Wildman–Crippen MR) is 64.7 cm³/mol. The van der Waals surface area contributed by atoms with Gasteiger partial charge in [-0.1, -0.05) is 42.1 Å². The van der Waals surface area contributed by atoms with Crippen molar-refractivity contribution in [2.45, 2.75) is 11.3 Å². The van der Waals surface area contributed by atoms with Gasteiger partial charge in [-0.2, -0.15) is 13.2 Å². The molecule has 1 aromatic carbocycles. The van der Waals surface area contributed by atoms with Gasteiger partial charge in [0.2, 0.25) is 5.16 Å². The summed E-state index contributed by atoms with van der Waals surface area (Å²) in [5.41, 5.74) is 4.05. The van der Waals surface area contributed by atoms with Gasteiger partial charge in [0.15, 0.2) is 0 Å². The summed E-state index contributed by atoms with van der Waals surface area (Å²) in [6.07, 6.45) is -4.54. The number of hydrogen-bond donors (Lipinski definition) is 1. The molecule has 19 heavy (non-hydrogen) atoms. The number of thioether (sulfide) groups is 1. The van der Waals surface area contributed by atoms with E-state index in [1.165, 1.54) is 0 Å². The molecule has 1 aromatic heterocycles. The summed E-state index contributed by atoms with van der Waals surface area (Å²) in [4.78, 5) is 0. The van der Waals surface area contributed by atoms with Gasteiger partial charge in [0.25, 0.3) is 5.82 Å². The van der Waals surface area contributed by atoms with Gasteiger partial charge in [-0.05, 0) is 5.56 Å². The molecule has 0 radical (unpaired) electrons. The molecule has 1 aliphatic rings. The van der Waals surface area contributed by atoms with Crippen molar-refractivity contribution in [1.82, 2.24) is 14.9 Å². The Kier molecular flexibility index (Phi) is 2.74. The van der Waals surface area contributed by atoms with E-state index in [4.69, 9.17) is 0 Å². The molecule has 0 amide bonds. The highest BCUT2D eigenvalue weighted by Gasteiger charge is 2.39. The number of alkyl halides is 3. The van der Waals surface area contributed by atoms with Gasteiger partial charge in [-0.3, -0.25) is 5.43 Å². The minimum Gasteiger partial charge on any atom is -0.289 e. The Hall–Kier alpha value is -1.96. The molecule has 0 saturated heterocycles. The maximum Gasteiger partial charge on any atom is 0.453 e. The Morgan fingerprint density at radius 2 is 1.84 bits per heavy atom. The first-order valence-electron chi connectivity index (χ1n) is 5.27. The third-order valence-corrected chi connectivity index (χ3v) is 3.31. The van der Waals surface area contributed by atoms with Gasteiger partial charge >= 0.3 is 6.18 Å². The predicted octanol–water partition coefficient (Wildman–Crippen LogP) is 2.94. The zero-order chi connectivity index (χ0) is 13.5. The van der Waals surface area contributed by atoms with Crippen molar-refractivity contribution in [3.8, 4) is 0 Å². The van der Waals surface area contributed by atoms with Crippen LogP contribution in [0.2, 0.25) is 0 Å². The third kappa shape index (κ3) is 2.19. The zero-order valence-electron chi connectivity index (χ0n) is 9.35. The zero-order valence-corrected chi connectivity index (χ0v) is 10.2. The quantitative estimate of drug-likeness (QED) is 0.874. The fourth-order valence-corrected chi connectivity index (χ4v) is 2.38. The van der Waals surface area contributed by atoms with E-state index >= 15 is 0 Å². The van der Waals surface area contributed by atoms with Gasteiger partial charge < -0.3 is 0 Å². The molecule has 3 rings (SSSR count). The van der Waals surface area contributed by atoms with Crippen molar-refractivity contribution < 1.29 is 13.2 Å². The molecule has 2 aromatic rings. The lowest BCUT2D eigenvalue weighted by atomic mass is 10.2. The van der Waals surface area contributed by atoms with Crippen molar-refractivity contribution in [3.63, 3.8) is 0 Å². The molecule has 4 nitrogen and oxygen atoms in total. The van der Waals surface area contributed by atoms with Gasteiger partial charge in [0.05, 0.1) is 5.70 Å². The maximum absolute atomic E-state index is 12.7. The average molecular weight is 284 g/mol. The van der Waals surface area contributed by atoms with Gasteiger partial charge in [-0.25, -0.2) is 4.68 Å². The highest BCUT2D eigenvalue weighted by Crippen LogP contribution is 2.34. The number of nitrogens with zero attached hydrogens (tertiary/aromatic N) is 3. The molecule has 0 spiro atoms. The Labute approximate surface area is 110 Å². The largest absolute Gasteiger partial charge is 0.453 e. The molecule has 98 valence electrons. The Morgan fingerprint density at radius 1 is 1.11 bits per heavy atom. The Balaban J connectivity index is 1.97. The van der Waals surface area contributed by atoms with Crippen LogP contribution in [-0.4, -0.2) is 14.9 Å². The lowest BCUT2D eigenvalue weighted by molar-refractivity contribution is -0.146. The Morgan fingerprint density at radius 3 is 2.53 bits per heavy atom. The Bertz CT molecular complexity index is 633. The smallest absolute Gasteiger partial charge is 0.289 e. The van der Waals surface area contributed by atoms with Gasteiger partial charge in [-0.15, -0.1) is 10.2 Å². The second-order valence-corrected chi connectivity index (χ2v) is 4.60. The normalized spacial score (nSPS) is 14.6. The minimum absolute atomic E-state index is 0.159. The molecule has 1 N–H and O–H groups in total. The first-order valence-corrected chi connectivity index (χ1v) is 6.15. The first kappa shape index (κ1) is 12.1. The lowest BCUT2D eigenvalue weighted by Gasteiger charge is -2.19. The summed E-state index contributed by atoms with van der Waals surface area (Å²) in [6.45, 7) is 0. The number of aromatic nitrogens is 3. The van der Waals surface area contributed by atoms with Crippen LogP contribution in [0, 0.1) is 0 Å². The number of rotatable bonds is 1. The second-order valence-electron chi connectivity index (χ2n) is 3.77. The van der Waals surface area contributed by atoms with E-state index < -0.39 is 12.0 Å². The second kappa shape index (κ2) is 4.30. The van der Waals surface area contributed by atoms with E-state index in [2.05, 4.69) is 15.6 Å². The van der Waals surface area contributed by atoms with E-state index in [0.717, 1.165) is 22.0 Å². The van der Waals surface area contributed by atoms with Crippen LogP contribution in [0.4, 0.5) is 13.2 Å². The fourth-order valence-electron chi connectivity index (χ4n) is 1.64. The monoisotopic (exact) mass is 284 g/mol. The van der Waals surface area contributed by atoms with Gasteiger partial charge in [0.1, 0.15) is 0 Å². The molecule has 0 unspecified atom stereocenters. The number of benzene rings is 1. The van der Waals surface area contributed by atoms with Crippen LogP contribution >= 0.6 is 11.8 Å². The SMILES string of the molecule is FC(F)(F)c1nnc2n1NC(c1ccccc1)=CS2. The molecule has 8 heteroatoms. The summed E-state index contributed by atoms with van der Waals surface area (Å²) in [5, 5.41) is 8.54. The highest BCUT2D eigenvalue weighted by molar-refractivity contribution is 8.02. The van der Waals surface area contributed by atoms with Crippen LogP contribution in [0.3, 0.4) is 0 Å². The van der Waals surface area contributed by atoms with E-state index in [1.54, 1.807) is 5.41 Å². The number of fused-ring (bicyclic) bond motifs is 1. The van der Waals surface area contributed by atoms with E-state index in [1.807, 2.05) is 30.3 Å². The first-order chi connectivity index (χ1) is 9.05. The number of nitrogens with one attached hydrogen (secondary N) is 1. The summed E-state index contributed by atoms with van der Waals surface area (Å²) in [5.74, 6) is -1.06. The van der Waals surface area contributed by atoms with Crippen LogP contribution in [0.25, 0.3) is 5.70 Å². The summed E-state index contributed by atoms with van der Waals surface area (Å²) in [6, 6.07) is 9.08. The van der Waals surface area contributed by atoms with Crippen LogP contribution in [0.1, 0.15) is 11.4 Å². The van der Waals surface area contributed by atoms with E-state index in [-0.39, 0.29) is 5.16 Å². The molecule has 0 saturated carbocycles. The summed E-state index contributed by atoms with van der Waals surface area (Å²) < 4.78 is 39.1. The minimum atomic E-state index is -4.54. The average Bonchev–Trinajstić information content (AvgIpc) is 2.82. The van der Waals surface area contributed by atoms with Crippen molar-refractivity contribution >= 4 is 17.5 Å². The standard InChI is InChI=1S/C11H7F3N4S/c12-11(13,14)9-15-16-10-18(9)17-8(6-19-10)7-4-2-1-3-5-7/h1-6,17H. The number of hydrogen-bond acceptors (Lipinski definition) is 4. The van der Waals surface area contributed by atoms with Crippen molar-refractivity contribution in [1.29, 1.82) is 0 Å². The third-order valence-electron chi connectivity index (χ3n) is 2.49. The molecule has 1 aliphatic heterocycles. The topological polar surface area (TPSA) is 42.7 Å². The molecular formula is C11H7F3N4S. The van der Waals surface area contributed by atoms with E-state index in [9.17, 15) is 13.2 Å². The molecule has 2 heterocycles. The molecule has 0 bridgehead atoms.